The van der Waals surface area contributed by atoms with Gasteiger partial charge in [-0.05, 0) is 64.9 Å². The number of amides is 2. The molecule has 0 bridgehead atoms. The van der Waals surface area contributed by atoms with Crippen LogP contribution in [0.4, 0.5) is 4.39 Å². The minimum Gasteiger partial charge on any atom is -0.493 e. The van der Waals surface area contributed by atoms with E-state index >= 15 is 0 Å². The van der Waals surface area contributed by atoms with Crippen LogP contribution in [-0.2, 0) is 16.0 Å². The topological polar surface area (TPSA) is 125 Å². The minimum atomic E-state index is -1.23. The molecule has 9 nitrogen and oxygen atoms in total. The van der Waals surface area contributed by atoms with Crippen molar-refractivity contribution in [3.05, 3.63) is 68.6 Å². The van der Waals surface area contributed by atoms with Gasteiger partial charge in [0.05, 0.1) is 23.3 Å². The van der Waals surface area contributed by atoms with Gasteiger partial charge in [-0.15, -0.1) is 0 Å². The van der Waals surface area contributed by atoms with E-state index in [1.54, 1.807) is 18.2 Å². The molecule has 3 unspecified atom stereocenters. The van der Waals surface area contributed by atoms with E-state index in [-0.39, 0.29) is 49.1 Å². The number of rotatable bonds is 11. The lowest BCUT2D eigenvalue weighted by Crippen LogP contribution is -2.55. The predicted molar refractivity (Wildman–Crippen MR) is 146 cm³/mol. The first kappa shape index (κ1) is 29.5. The van der Waals surface area contributed by atoms with Gasteiger partial charge < -0.3 is 29.9 Å². The summed E-state index contributed by atoms with van der Waals surface area (Å²) in [7, 11) is 1.42. The molecule has 1 aliphatic carbocycles. The molecule has 0 aliphatic heterocycles. The normalized spacial score (nSPS) is 18.8. The Morgan fingerprint density at radius 2 is 2.05 bits per heavy atom. The molecule has 1 aliphatic rings. The third-order valence-electron chi connectivity index (χ3n) is 6.19. The van der Waals surface area contributed by atoms with E-state index in [0.29, 0.717) is 27.4 Å². The molecule has 2 aromatic carbocycles. The van der Waals surface area contributed by atoms with Crippen LogP contribution in [0.5, 0.6) is 11.5 Å². The largest absolute Gasteiger partial charge is 0.493 e. The van der Waals surface area contributed by atoms with Crippen molar-refractivity contribution >= 4 is 40.7 Å². The summed E-state index contributed by atoms with van der Waals surface area (Å²) in [5.74, 6) is -0.649. The number of benzene rings is 2. The van der Waals surface area contributed by atoms with Gasteiger partial charge in [0.15, 0.2) is 11.5 Å². The van der Waals surface area contributed by atoms with Crippen LogP contribution in [0.25, 0.3) is 0 Å². The van der Waals surface area contributed by atoms with Crippen LogP contribution >= 0.6 is 22.6 Å². The van der Waals surface area contributed by atoms with E-state index in [1.165, 1.54) is 43.2 Å². The molecule has 0 saturated heterocycles. The summed E-state index contributed by atoms with van der Waals surface area (Å²) in [6.07, 6.45) is 0.255. The van der Waals surface area contributed by atoms with Crippen LogP contribution in [-0.4, -0.2) is 78.3 Å². The molecule has 0 aromatic heterocycles. The maximum absolute atomic E-state index is 13.7. The number of hydrogen-bond donors (Lipinski definition) is 3. The number of aliphatic hydroxyl groups excluding tert-OH is 2. The smallest absolute Gasteiger partial charge is 0.247 e. The third-order valence-corrected chi connectivity index (χ3v) is 6.99. The van der Waals surface area contributed by atoms with Crippen LogP contribution in [0.2, 0.25) is 0 Å². The lowest BCUT2D eigenvalue weighted by molar-refractivity contribution is -0.136. The van der Waals surface area contributed by atoms with Crippen molar-refractivity contribution in [3.63, 3.8) is 0 Å². The summed E-state index contributed by atoms with van der Waals surface area (Å²) >= 11 is 1.98. The fraction of sp³-hybridized carbons (Fsp3) is 0.370. The molecular weight excluding hydrogens is 610 g/mol. The Kier molecular flexibility index (Phi) is 10.6. The molecule has 0 radical (unpaired) electrons. The molecule has 3 atom stereocenters. The molecule has 2 aromatic rings. The maximum Gasteiger partial charge on any atom is 0.247 e. The summed E-state index contributed by atoms with van der Waals surface area (Å²) in [5.41, 5.74) is 1.33. The molecule has 3 N–H and O–H groups in total. The van der Waals surface area contributed by atoms with Gasteiger partial charge in [0, 0.05) is 37.6 Å². The Morgan fingerprint density at radius 3 is 2.68 bits per heavy atom. The van der Waals surface area contributed by atoms with Crippen LogP contribution in [0, 0.1) is 9.39 Å². The van der Waals surface area contributed by atoms with Gasteiger partial charge >= 0.3 is 0 Å². The SMILES string of the molecule is COc1cc(C=O)cc(I)c1OC1C=C(C(=O)NCCO)CC(N(CCc2cccc(F)c2)C(C)=O)C1O. The number of aliphatic hydroxyl groups is 2. The van der Waals surface area contributed by atoms with Gasteiger partial charge in [-0.2, -0.15) is 0 Å². The van der Waals surface area contributed by atoms with E-state index in [9.17, 15) is 23.9 Å². The van der Waals surface area contributed by atoms with Gasteiger partial charge in [-0.1, -0.05) is 12.1 Å². The highest BCUT2D eigenvalue weighted by Crippen LogP contribution is 2.37. The van der Waals surface area contributed by atoms with E-state index in [2.05, 4.69) is 5.32 Å². The Labute approximate surface area is 233 Å². The molecular formula is C27H30FIN2O7. The van der Waals surface area contributed by atoms with Crippen molar-refractivity contribution in [2.24, 2.45) is 0 Å². The summed E-state index contributed by atoms with van der Waals surface area (Å²) < 4.78 is 25.8. The van der Waals surface area contributed by atoms with Gasteiger partial charge in [0.1, 0.15) is 24.3 Å². The Balaban J connectivity index is 1.95. The summed E-state index contributed by atoms with van der Waals surface area (Å²) in [6, 6.07) is 8.30. The second-order valence-electron chi connectivity index (χ2n) is 8.76. The summed E-state index contributed by atoms with van der Waals surface area (Å²) in [4.78, 5) is 38.3. The molecule has 38 heavy (non-hydrogen) atoms. The highest BCUT2D eigenvalue weighted by molar-refractivity contribution is 14.1. The van der Waals surface area contributed by atoms with Crippen LogP contribution in [0.3, 0.4) is 0 Å². The zero-order valence-electron chi connectivity index (χ0n) is 21.0. The van der Waals surface area contributed by atoms with Gasteiger partial charge in [0.2, 0.25) is 11.8 Å². The van der Waals surface area contributed by atoms with Gasteiger partial charge in [0.25, 0.3) is 0 Å². The lowest BCUT2D eigenvalue weighted by atomic mass is 9.88. The van der Waals surface area contributed by atoms with Crippen molar-refractivity contribution in [3.8, 4) is 11.5 Å². The van der Waals surface area contributed by atoms with Crippen LogP contribution < -0.4 is 14.8 Å². The number of aldehydes is 1. The monoisotopic (exact) mass is 640 g/mol. The number of carbonyl (C=O) groups is 3. The predicted octanol–water partition coefficient (Wildman–Crippen LogP) is 2.26. The zero-order chi connectivity index (χ0) is 27.8. The quantitative estimate of drug-likeness (QED) is 0.254. The zero-order valence-corrected chi connectivity index (χ0v) is 23.2. The molecule has 11 heteroatoms. The summed E-state index contributed by atoms with van der Waals surface area (Å²) in [5, 5.41) is 23.1. The second kappa shape index (κ2) is 13.7. The first-order valence-electron chi connectivity index (χ1n) is 12.0. The standard InChI is InChI=1S/C27H30FIN2O7/c1-16(34)31(8-6-17-4-3-5-20(28)10-17)22-13-19(27(36)30-7-9-32)14-23(25(22)35)38-26-21(29)11-18(15-33)12-24(26)37-2/h3-5,10-12,14-15,22-23,25,32,35H,6-9,13H2,1-2H3,(H,30,36). The first-order chi connectivity index (χ1) is 18.2. The average Bonchev–Trinajstić information content (AvgIpc) is 2.89. The molecule has 0 fully saturated rings. The van der Waals surface area contributed by atoms with Crippen LogP contribution in [0.15, 0.2) is 48.0 Å². The molecule has 2 amide bonds. The average molecular weight is 640 g/mol. The highest BCUT2D eigenvalue weighted by Gasteiger charge is 2.40. The van der Waals surface area contributed by atoms with Crippen molar-refractivity contribution in [1.82, 2.24) is 10.2 Å². The van der Waals surface area contributed by atoms with E-state index in [4.69, 9.17) is 14.6 Å². The molecule has 0 saturated carbocycles. The fourth-order valence-electron chi connectivity index (χ4n) is 4.34. The second-order valence-corrected chi connectivity index (χ2v) is 9.92. The number of methoxy groups -OCH3 is 1. The van der Waals surface area contributed by atoms with Crippen molar-refractivity contribution in [1.29, 1.82) is 0 Å². The molecule has 0 spiro atoms. The summed E-state index contributed by atoms with van der Waals surface area (Å²) in [6.45, 7) is 1.32. The van der Waals surface area contributed by atoms with Gasteiger partial charge in [-0.3, -0.25) is 14.4 Å². The Hall–Kier alpha value is -3.03. The Morgan fingerprint density at radius 1 is 1.29 bits per heavy atom. The molecule has 0 heterocycles. The van der Waals surface area contributed by atoms with E-state index in [0.717, 1.165) is 0 Å². The minimum absolute atomic E-state index is 0.0315. The third kappa shape index (κ3) is 7.29. The highest BCUT2D eigenvalue weighted by atomic mass is 127. The number of nitrogens with one attached hydrogen (secondary N) is 1. The number of ether oxygens (including phenoxy) is 2. The van der Waals surface area contributed by atoms with E-state index < -0.39 is 30.0 Å². The Bertz CT molecular complexity index is 1210. The molecule has 3 rings (SSSR count). The van der Waals surface area contributed by atoms with Gasteiger partial charge in [-0.25, -0.2) is 4.39 Å². The number of hydrogen-bond acceptors (Lipinski definition) is 7. The number of halogens is 2. The van der Waals surface area contributed by atoms with Crippen molar-refractivity contribution in [2.75, 3.05) is 26.8 Å². The van der Waals surface area contributed by atoms with Crippen LogP contribution in [0.1, 0.15) is 29.3 Å². The van der Waals surface area contributed by atoms with Crippen molar-refractivity contribution < 1.29 is 38.5 Å². The fourth-order valence-corrected chi connectivity index (χ4v) is 5.09. The maximum atomic E-state index is 13.7. The number of carbonyl (C=O) groups excluding carboxylic acids is 3. The first-order valence-corrected chi connectivity index (χ1v) is 13.0. The number of nitrogens with zero attached hydrogens (tertiary/aromatic N) is 1. The lowest BCUT2D eigenvalue weighted by Gasteiger charge is -2.40. The van der Waals surface area contributed by atoms with E-state index in [1.807, 2.05) is 22.6 Å². The van der Waals surface area contributed by atoms with Crippen molar-refractivity contribution in [2.45, 2.75) is 38.0 Å². The molecule has 204 valence electrons.